The summed E-state index contributed by atoms with van der Waals surface area (Å²) in [4.78, 5) is 26.1. The highest BCUT2D eigenvalue weighted by atomic mass is 16.6. The van der Waals surface area contributed by atoms with E-state index in [1.807, 2.05) is 0 Å². The molecule has 0 saturated heterocycles. The first-order valence-corrected chi connectivity index (χ1v) is 5.63. The van der Waals surface area contributed by atoms with Gasteiger partial charge in [-0.3, -0.25) is 19.6 Å². The molecule has 0 unspecified atom stereocenters. The van der Waals surface area contributed by atoms with Crippen LogP contribution in [0.1, 0.15) is 10.4 Å². The number of hydrogen-bond donors (Lipinski definition) is 2. The van der Waals surface area contributed by atoms with Gasteiger partial charge in [0.25, 0.3) is 11.6 Å². The molecule has 0 bridgehead atoms. The summed E-state index contributed by atoms with van der Waals surface area (Å²) in [5.74, 6) is -0.240. The molecule has 2 aromatic heterocycles. The van der Waals surface area contributed by atoms with Crippen molar-refractivity contribution in [2.24, 2.45) is 7.05 Å². The van der Waals surface area contributed by atoms with E-state index in [-0.39, 0.29) is 17.1 Å². The van der Waals surface area contributed by atoms with Crippen molar-refractivity contribution in [3.8, 4) is 0 Å². The Kier molecular flexibility index (Phi) is 3.60. The minimum absolute atomic E-state index is 0.0885. The third kappa shape index (κ3) is 2.71. The highest BCUT2D eigenvalue weighted by Crippen LogP contribution is 2.20. The molecular weight excluding hydrogens is 264 g/mol. The van der Waals surface area contributed by atoms with Gasteiger partial charge >= 0.3 is 0 Å². The fourth-order valence-corrected chi connectivity index (χ4v) is 1.61. The Morgan fingerprint density at radius 2 is 2.20 bits per heavy atom. The van der Waals surface area contributed by atoms with E-state index in [1.165, 1.54) is 16.9 Å². The molecule has 0 spiro atoms. The van der Waals surface area contributed by atoms with Crippen molar-refractivity contribution in [3.05, 3.63) is 40.3 Å². The van der Waals surface area contributed by atoms with Gasteiger partial charge in [-0.05, 0) is 0 Å². The second-order valence-electron chi connectivity index (χ2n) is 3.95. The average molecular weight is 276 g/mol. The second-order valence-corrected chi connectivity index (χ2v) is 3.95. The standard InChI is InChI=1S/C11H12N6O3/c1-12-10-9(3-8(5-13-10)17(19)20)11(18)15-7-4-14-16(2)6-7/h3-6H,1-2H3,(H,12,13)(H,15,18). The number of aryl methyl sites for hydroxylation is 1. The third-order valence-corrected chi connectivity index (χ3v) is 2.53. The van der Waals surface area contributed by atoms with Crippen molar-refractivity contribution in [1.29, 1.82) is 0 Å². The van der Waals surface area contributed by atoms with Crippen LogP contribution in [0.15, 0.2) is 24.7 Å². The summed E-state index contributed by atoms with van der Waals surface area (Å²) in [5, 5.41) is 20.0. The SMILES string of the molecule is CNc1ncc([N+](=O)[O-])cc1C(=O)Nc1cnn(C)c1. The molecule has 1 amide bonds. The van der Waals surface area contributed by atoms with Crippen LogP contribution in [0.5, 0.6) is 0 Å². The van der Waals surface area contributed by atoms with Crippen LogP contribution in [0.3, 0.4) is 0 Å². The monoisotopic (exact) mass is 276 g/mol. The normalized spacial score (nSPS) is 10.1. The molecule has 0 radical (unpaired) electrons. The number of anilines is 2. The molecule has 0 aliphatic carbocycles. The summed E-state index contributed by atoms with van der Waals surface area (Å²) in [6.45, 7) is 0. The summed E-state index contributed by atoms with van der Waals surface area (Å²) in [6.07, 6.45) is 4.18. The van der Waals surface area contributed by atoms with Crippen LogP contribution >= 0.6 is 0 Å². The average Bonchev–Trinajstić information content (AvgIpc) is 2.83. The predicted octanol–water partition coefficient (Wildman–Crippen LogP) is 1.02. The lowest BCUT2D eigenvalue weighted by molar-refractivity contribution is -0.385. The molecule has 9 heteroatoms. The number of hydrogen-bond acceptors (Lipinski definition) is 6. The Hall–Kier alpha value is -2.97. The first kappa shape index (κ1) is 13.5. The van der Waals surface area contributed by atoms with Gasteiger partial charge in [0, 0.05) is 26.4 Å². The summed E-state index contributed by atoms with van der Waals surface area (Å²) >= 11 is 0. The Bertz CT molecular complexity index is 666. The van der Waals surface area contributed by atoms with E-state index in [2.05, 4.69) is 20.7 Å². The van der Waals surface area contributed by atoms with Gasteiger partial charge in [-0.2, -0.15) is 5.10 Å². The van der Waals surface area contributed by atoms with Crippen molar-refractivity contribution in [2.45, 2.75) is 0 Å². The van der Waals surface area contributed by atoms with Crippen molar-refractivity contribution >= 4 is 23.1 Å². The van der Waals surface area contributed by atoms with Gasteiger partial charge in [0.2, 0.25) is 0 Å². The van der Waals surface area contributed by atoms with Crippen LogP contribution in [0.4, 0.5) is 17.2 Å². The molecule has 20 heavy (non-hydrogen) atoms. The third-order valence-electron chi connectivity index (χ3n) is 2.53. The van der Waals surface area contributed by atoms with E-state index in [4.69, 9.17) is 0 Å². The molecule has 0 aliphatic heterocycles. The first-order chi connectivity index (χ1) is 9.51. The number of pyridine rings is 1. The van der Waals surface area contributed by atoms with E-state index in [0.29, 0.717) is 5.69 Å². The lowest BCUT2D eigenvalue weighted by Crippen LogP contribution is -2.15. The Balaban J connectivity index is 2.32. The molecule has 2 N–H and O–H groups in total. The molecule has 0 aromatic carbocycles. The van der Waals surface area contributed by atoms with Crippen LogP contribution in [0.2, 0.25) is 0 Å². The van der Waals surface area contributed by atoms with Crippen LogP contribution in [0, 0.1) is 10.1 Å². The van der Waals surface area contributed by atoms with Crippen LogP contribution in [-0.2, 0) is 7.05 Å². The van der Waals surface area contributed by atoms with Crippen molar-refractivity contribution in [2.75, 3.05) is 17.7 Å². The Morgan fingerprint density at radius 1 is 1.45 bits per heavy atom. The number of rotatable bonds is 4. The fraction of sp³-hybridized carbons (Fsp3) is 0.182. The summed E-state index contributed by atoms with van der Waals surface area (Å²) in [5.41, 5.74) is 0.331. The number of nitrogens with one attached hydrogen (secondary N) is 2. The van der Waals surface area contributed by atoms with Gasteiger partial charge in [0.15, 0.2) is 0 Å². The van der Waals surface area contributed by atoms with E-state index in [1.54, 1.807) is 20.3 Å². The minimum atomic E-state index is -0.604. The van der Waals surface area contributed by atoms with Crippen molar-refractivity contribution < 1.29 is 9.72 Å². The largest absolute Gasteiger partial charge is 0.372 e. The van der Waals surface area contributed by atoms with E-state index in [9.17, 15) is 14.9 Å². The molecule has 2 rings (SSSR count). The lowest BCUT2D eigenvalue weighted by atomic mass is 10.2. The zero-order valence-corrected chi connectivity index (χ0v) is 10.8. The molecule has 9 nitrogen and oxygen atoms in total. The number of amides is 1. The highest BCUT2D eigenvalue weighted by Gasteiger charge is 2.18. The zero-order chi connectivity index (χ0) is 14.7. The lowest BCUT2D eigenvalue weighted by Gasteiger charge is -2.07. The molecule has 2 heterocycles. The highest BCUT2D eigenvalue weighted by molar-refractivity contribution is 6.07. The number of aromatic nitrogens is 3. The minimum Gasteiger partial charge on any atom is -0.372 e. The first-order valence-electron chi connectivity index (χ1n) is 5.63. The van der Waals surface area contributed by atoms with Gasteiger partial charge in [0.1, 0.15) is 12.0 Å². The Labute approximate surface area is 113 Å². The maximum Gasteiger partial charge on any atom is 0.288 e. The molecule has 0 aliphatic rings. The molecule has 0 fully saturated rings. The fourth-order valence-electron chi connectivity index (χ4n) is 1.61. The van der Waals surface area contributed by atoms with Gasteiger partial charge in [-0.15, -0.1) is 0 Å². The molecule has 104 valence electrons. The number of nitro groups is 1. The van der Waals surface area contributed by atoms with E-state index in [0.717, 1.165) is 6.20 Å². The smallest absolute Gasteiger partial charge is 0.288 e. The van der Waals surface area contributed by atoms with Gasteiger partial charge < -0.3 is 10.6 Å². The van der Waals surface area contributed by atoms with Gasteiger partial charge in [-0.1, -0.05) is 0 Å². The summed E-state index contributed by atoms with van der Waals surface area (Å²) in [6, 6.07) is 1.17. The Morgan fingerprint density at radius 3 is 2.75 bits per heavy atom. The summed E-state index contributed by atoms with van der Waals surface area (Å²) < 4.78 is 1.53. The number of carbonyl (C=O) groups is 1. The molecule has 0 atom stereocenters. The maximum atomic E-state index is 12.1. The van der Waals surface area contributed by atoms with Crippen molar-refractivity contribution in [3.63, 3.8) is 0 Å². The van der Waals surface area contributed by atoms with Crippen LogP contribution < -0.4 is 10.6 Å². The van der Waals surface area contributed by atoms with Gasteiger partial charge in [0.05, 0.1) is 22.4 Å². The van der Waals surface area contributed by atoms with Crippen LogP contribution in [-0.4, -0.2) is 32.6 Å². The predicted molar refractivity (Wildman–Crippen MR) is 71.6 cm³/mol. The quantitative estimate of drug-likeness (QED) is 0.636. The number of nitrogens with zero attached hydrogens (tertiary/aromatic N) is 4. The van der Waals surface area contributed by atoms with E-state index < -0.39 is 10.8 Å². The summed E-state index contributed by atoms with van der Waals surface area (Å²) in [7, 11) is 3.29. The van der Waals surface area contributed by atoms with E-state index >= 15 is 0 Å². The molecule has 0 saturated carbocycles. The molecule has 2 aromatic rings. The van der Waals surface area contributed by atoms with Gasteiger partial charge in [-0.25, -0.2) is 4.98 Å². The maximum absolute atomic E-state index is 12.1. The molecular formula is C11H12N6O3. The van der Waals surface area contributed by atoms with Crippen molar-refractivity contribution in [1.82, 2.24) is 14.8 Å². The van der Waals surface area contributed by atoms with Crippen LogP contribution in [0.25, 0.3) is 0 Å². The zero-order valence-electron chi connectivity index (χ0n) is 10.8. The second kappa shape index (κ2) is 5.34. The number of carbonyl (C=O) groups excluding carboxylic acids is 1. The topological polar surface area (TPSA) is 115 Å².